The number of piperidine rings is 1. The van der Waals surface area contributed by atoms with Crippen molar-refractivity contribution in [2.24, 2.45) is 0 Å². The van der Waals surface area contributed by atoms with E-state index >= 15 is 0 Å². The number of carbonyl (C=O) groups excluding carboxylic acids is 2. The van der Waals surface area contributed by atoms with Crippen LogP contribution in [0.3, 0.4) is 0 Å². The van der Waals surface area contributed by atoms with E-state index in [0.717, 1.165) is 38.8 Å². The molecule has 0 aromatic carbocycles. The molecule has 0 spiro atoms. The number of rotatable bonds is 7. The van der Waals surface area contributed by atoms with Gasteiger partial charge in [0, 0.05) is 19.1 Å². The summed E-state index contributed by atoms with van der Waals surface area (Å²) in [6.45, 7) is 7.86. The Labute approximate surface area is 122 Å². The van der Waals surface area contributed by atoms with Gasteiger partial charge in [-0.15, -0.1) is 0 Å². The quantitative estimate of drug-likeness (QED) is 0.740. The molecule has 116 valence electrons. The number of carbonyl (C=O) groups is 2. The lowest BCUT2D eigenvalue weighted by atomic mass is 10.1. The summed E-state index contributed by atoms with van der Waals surface area (Å²) in [6, 6.07) is -0.0574. The van der Waals surface area contributed by atoms with Crippen molar-refractivity contribution < 1.29 is 9.59 Å². The molecule has 5 nitrogen and oxygen atoms in total. The number of hydrogen-bond donors (Lipinski definition) is 2. The fraction of sp³-hybridized carbons (Fsp3) is 0.867. The first-order valence-corrected chi connectivity index (χ1v) is 7.90. The van der Waals surface area contributed by atoms with Crippen molar-refractivity contribution in [3.8, 4) is 0 Å². The van der Waals surface area contributed by atoms with E-state index in [0.29, 0.717) is 0 Å². The first kappa shape index (κ1) is 17.0. The molecule has 5 heteroatoms. The number of amides is 2. The third-order valence-corrected chi connectivity index (χ3v) is 3.96. The molecule has 20 heavy (non-hydrogen) atoms. The van der Waals surface area contributed by atoms with Crippen LogP contribution in [0.15, 0.2) is 0 Å². The topological polar surface area (TPSA) is 61.4 Å². The fourth-order valence-electron chi connectivity index (χ4n) is 2.49. The molecule has 0 aromatic rings. The van der Waals surface area contributed by atoms with Crippen molar-refractivity contribution >= 4 is 11.8 Å². The molecule has 1 aliphatic rings. The van der Waals surface area contributed by atoms with Crippen molar-refractivity contribution in [2.75, 3.05) is 19.6 Å². The number of nitrogens with one attached hydrogen (secondary N) is 2. The average molecular weight is 283 g/mol. The van der Waals surface area contributed by atoms with Crippen LogP contribution in [0.25, 0.3) is 0 Å². The maximum absolute atomic E-state index is 12.2. The monoisotopic (exact) mass is 283 g/mol. The number of nitrogens with zero attached hydrogens (tertiary/aromatic N) is 1. The maximum Gasteiger partial charge on any atom is 0.239 e. The summed E-state index contributed by atoms with van der Waals surface area (Å²) in [7, 11) is 0. The molecule has 1 heterocycles. The molecule has 2 amide bonds. The summed E-state index contributed by atoms with van der Waals surface area (Å²) in [6.07, 6.45) is 5.26. The van der Waals surface area contributed by atoms with Crippen molar-refractivity contribution in [2.45, 2.75) is 65.0 Å². The van der Waals surface area contributed by atoms with Crippen LogP contribution in [-0.4, -0.2) is 48.4 Å². The van der Waals surface area contributed by atoms with Gasteiger partial charge in [-0.1, -0.05) is 13.8 Å². The molecule has 1 unspecified atom stereocenters. The zero-order valence-corrected chi connectivity index (χ0v) is 13.1. The van der Waals surface area contributed by atoms with Crippen LogP contribution in [0.4, 0.5) is 0 Å². The summed E-state index contributed by atoms with van der Waals surface area (Å²) in [5.41, 5.74) is 0. The van der Waals surface area contributed by atoms with Crippen LogP contribution in [0.1, 0.15) is 52.9 Å². The molecule has 1 fully saturated rings. The molecule has 1 saturated heterocycles. The Hall–Kier alpha value is -1.10. The molecular formula is C15H29N3O2. The van der Waals surface area contributed by atoms with Gasteiger partial charge >= 0.3 is 0 Å². The fourth-order valence-corrected chi connectivity index (χ4v) is 2.49. The Kier molecular flexibility index (Phi) is 7.59. The van der Waals surface area contributed by atoms with Gasteiger partial charge in [0.1, 0.15) is 0 Å². The van der Waals surface area contributed by atoms with Gasteiger partial charge in [-0.3, -0.25) is 14.9 Å². The molecular weight excluding hydrogens is 254 g/mol. The average Bonchev–Trinajstić information content (AvgIpc) is 2.50. The minimum absolute atomic E-state index is 0.0306. The molecule has 1 atom stereocenters. The Morgan fingerprint density at radius 2 is 1.70 bits per heavy atom. The zero-order chi connectivity index (χ0) is 15.0. The molecule has 0 bridgehead atoms. The Balaban J connectivity index is 2.29. The third kappa shape index (κ3) is 5.49. The van der Waals surface area contributed by atoms with Crippen LogP contribution in [0.2, 0.25) is 0 Å². The molecule has 2 N–H and O–H groups in total. The van der Waals surface area contributed by atoms with Crippen LogP contribution >= 0.6 is 0 Å². The van der Waals surface area contributed by atoms with E-state index in [1.165, 1.54) is 6.42 Å². The van der Waals surface area contributed by atoms with Gasteiger partial charge < -0.3 is 10.2 Å². The molecule has 1 aliphatic heterocycles. The minimum Gasteiger partial charge on any atom is -0.352 e. The second-order valence-electron chi connectivity index (χ2n) is 5.57. The predicted molar refractivity (Wildman–Crippen MR) is 80.4 cm³/mol. The van der Waals surface area contributed by atoms with Crippen molar-refractivity contribution in [1.82, 2.24) is 15.5 Å². The highest BCUT2D eigenvalue weighted by molar-refractivity contribution is 5.83. The first-order chi connectivity index (χ1) is 9.58. The first-order valence-electron chi connectivity index (χ1n) is 7.90. The normalized spacial score (nSPS) is 17.1. The van der Waals surface area contributed by atoms with E-state index in [4.69, 9.17) is 0 Å². The number of likely N-dealkylation sites (tertiary alicyclic amines) is 1. The Morgan fingerprint density at radius 1 is 1.10 bits per heavy atom. The summed E-state index contributed by atoms with van der Waals surface area (Å²) >= 11 is 0. The molecule has 0 saturated carbocycles. The van der Waals surface area contributed by atoms with Gasteiger partial charge in [-0.2, -0.15) is 0 Å². The van der Waals surface area contributed by atoms with Crippen molar-refractivity contribution in [3.05, 3.63) is 0 Å². The number of hydrogen-bond acceptors (Lipinski definition) is 3. The van der Waals surface area contributed by atoms with E-state index in [1.54, 1.807) is 0 Å². The lowest BCUT2D eigenvalue weighted by molar-refractivity contribution is -0.134. The SMILES string of the molecule is CCC(CC)NC(=O)CNC(C)C(=O)N1CCCCC1. The largest absolute Gasteiger partial charge is 0.352 e. The van der Waals surface area contributed by atoms with Gasteiger partial charge in [-0.25, -0.2) is 0 Å². The van der Waals surface area contributed by atoms with Gasteiger partial charge in [0.15, 0.2) is 0 Å². The lowest BCUT2D eigenvalue weighted by Crippen LogP contribution is -2.49. The van der Waals surface area contributed by atoms with Gasteiger partial charge in [-0.05, 0) is 39.0 Å². The second-order valence-corrected chi connectivity index (χ2v) is 5.57. The highest BCUT2D eigenvalue weighted by Crippen LogP contribution is 2.09. The lowest BCUT2D eigenvalue weighted by Gasteiger charge is -2.29. The van der Waals surface area contributed by atoms with Crippen LogP contribution < -0.4 is 10.6 Å². The van der Waals surface area contributed by atoms with E-state index < -0.39 is 0 Å². The van der Waals surface area contributed by atoms with Gasteiger partial charge in [0.05, 0.1) is 12.6 Å². The van der Waals surface area contributed by atoms with Crippen LogP contribution in [-0.2, 0) is 9.59 Å². The Morgan fingerprint density at radius 3 is 2.25 bits per heavy atom. The molecule has 0 radical (unpaired) electrons. The predicted octanol–water partition coefficient (Wildman–Crippen LogP) is 1.28. The maximum atomic E-state index is 12.2. The van der Waals surface area contributed by atoms with Crippen molar-refractivity contribution in [3.63, 3.8) is 0 Å². The van der Waals surface area contributed by atoms with Crippen molar-refractivity contribution in [1.29, 1.82) is 0 Å². The highest BCUT2D eigenvalue weighted by Gasteiger charge is 2.22. The van der Waals surface area contributed by atoms with E-state index in [9.17, 15) is 9.59 Å². The minimum atomic E-state index is -0.291. The van der Waals surface area contributed by atoms with Gasteiger partial charge in [0.25, 0.3) is 0 Å². The molecule has 0 aliphatic carbocycles. The van der Waals surface area contributed by atoms with Gasteiger partial charge in [0.2, 0.25) is 11.8 Å². The smallest absolute Gasteiger partial charge is 0.239 e. The summed E-state index contributed by atoms with van der Waals surface area (Å²) in [5, 5.41) is 5.99. The third-order valence-electron chi connectivity index (χ3n) is 3.96. The van der Waals surface area contributed by atoms with E-state index in [1.807, 2.05) is 11.8 Å². The Bertz CT molecular complexity index is 310. The van der Waals surface area contributed by atoms with Crippen LogP contribution in [0, 0.1) is 0 Å². The molecule has 1 rings (SSSR count). The van der Waals surface area contributed by atoms with Crippen LogP contribution in [0.5, 0.6) is 0 Å². The summed E-state index contributed by atoms with van der Waals surface area (Å²) in [4.78, 5) is 25.9. The van der Waals surface area contributed by atoms with E-state index in [2.05, 4.69) is 24.5 Å². The summed E-state index contributed by atoms with van der Waals surface area (Å²) in [5.74, 6) is 0.0806. The highest BCUT2D eigenvalue weighted by atomic mass is 16.2. The molecule has 0 aromatic heterocycles. The second kappa shape index (κ2) is 8.95. The summed E-state index contributed by atoms with van der Waals surface area (Å²) < 4.78 is 0. The zero-order valence-electron chi connectivity index (χ0n) is 13.1. The standard InChI is InChI=1S/C15H29N3O2/c1-4-13(5-2)17-14(19)11-16-12(3)15(20)18-9-7-6-8-10-18/h12-13,16H,4-11H2,1-3H3,(H,17,19). The van der Waals surface area contributed by atoms with E-state index in [-0.39, 0.29) is 30.4 Å².